The molecular weight excluding hydrogens is 230 g/mol. The second-order valence-electron chi connectivity index (χ2n) is 4.17. The molecule has 1 aromatic rings. The molecule has 0 amide bonds. The van der Waals surface area contributed by atoms with Crippen LogP contribution in [-0.4, -0.2) is 5.79 Å². The van der Waals surface area contributed by atoms with Crippen molar-refractivity contribution in [1.29, 1.82) is 0 Å². The number of halogens is 1. The zero-order chi connectivity index (χ0) is 11.2. The van der Waals surface area contributed by atoms with E-state index in [1.54, 1.807) is 6.07 Å². The molecule has 0 unspecified atom stereocenters. The number of benzene rings is 1. The van der Waals surface area contributed by atoms with Crippen molar-refractivity contribution < 1.29 is 14.3 Å². The Morgan fingerprint density at radius 3 is 2.56 bits per heavy atom. The van der Waals surface area contributed by atoms with Gasteiger partial charge in [0.25, 0.3) is 5.79 Å². The summed E-state index contributed by atoms with van der Waals surface area (Å²) in [6.45, 7) is 0.266. The SMILES string of the molecule is NOCc1cc2c(cc1Cl)OC1(CCC1)O2. The van der Waals surface area contributed by atoms with Crippen LogP contribution in [0.2, 0.25) is 5.02 Å². The van der Waals surface area contributed by atoms with E-state index >= 15 is 0 Å². The second-order valence-corrected chi connectivity index (χ2v) is 4.58. The van der Waals surface area contributed by atoms with Gasteiger partial charge in [0.1, 0.15) is 0 Å². The van der Waals surface area contributed by atoms with Crippen molar-refractivity contribution in [2.45, 2.75) is 31.7 Å². The lowest BCUT2D eigenvalue weighted by atomic mass is 9.91. The molecule has 3 rings (SSSR count). The third kappa shape index (κ3) is 1.45. The van der Waals surface area contributed by atoms with Crippen LogP contribution < -0.4 is 15.4 Å². The summed E-state index contributed by atoms with van der Waals surface area (Å²) in [6.07, 6.45) is 3.00. The van der Waals surface area contributed by atoms with Gasteiger partial charge >= 0.3 is 0 Å². The third-order valence-electron chi connectivity index (χ3n) is 3.06. The highest BCUT2D eigenvalue weighted by molar-refractivity contribution is 6.31. The van der Waals surface area contributed by atoms with Gasteiger partial charge in [-0.15, -0.1) is 0 Å². The highest BCUT2D eigenvalue weighted by atomic mass is 35.5. The molecule has 1 fully saturated rings. The molecule has 0 bridgehead atoms. The largest absolute Gasteiger partial charge is 0.448 e. The first kappa shape index (κ1) is 10.2. The maximum absolute atomic E-state index is 6.07. The molecule has 2 N–H and O–H groups in total. The van der Waals surface area contributed by atoms with Gasteiger partial charge in [-0.3, -0.25) is 4.84 Å². The van der Waals surface area contributed by atoms with E-state index in [9.17, 15) is 0 Å². The van der Waals surface area contributed by atoms with Gasteiger partial charge in [-0.1, -0.05) is 11.6 Å². The van der Waals surface area contributed by atoms with Crippen LogP contribution in [0.25, 0.3) is 0 Å². The molecule has 86 valence electrons. The van der Waals surface area contributed by atoms with Crippen molar-refractivity contribution in [1.82, 2.24) is 0 Å². The molecule has 0 saturated heterocycles. The molecule has 1 aliphatic heterocycles. The molecule has 1 spiro atoms. The topological polar surface area (TPSA) is 53.7 Å². The lowest BCUT2D eigenvalue weighted by Crippen LogP contribution is -2.45. The van der Waals surface area contributed by atoms with E-state index in [-0.39, 0.29) is 6.61 Å². The van der Waals surface area contributed by atoms with Crippen molar-refractivity contribution in [3.63, 3.8) is 0 Å². The fourth-order valence-electron chi connectivity index (χ4n) is 2.03. The van der Waals surface area contributed by atoms with Crippen LogP contribution in [-0.2, 0) is 11.4 Å². The van der Waals surface area contributed by atoms with Crippen molar-refractivity contribution >= 4 is 11.6 Å². The van der Waals surface area contributed by atoms with Gasteiger partial charge in [-0.2, -0.15) is 0 Å². The van der Waals surface area contributed by atoms with E-state index in [0.29, 0.717) is 10.8 Å². The molecular formula is C11H12ClNO3. The number of hydrogen-bond donors (Lipinski definition) is 1. The van der Waals surface area contributed by atoms with Crippen LogP contribution in [0, 0.1) is 0 Å². The van der Waals surface area contributed by atoms with Crippen LogP contribution in [0.1, 0.15) is 24.8 Å². The first-order valence-corrected chi connectivity index (χ1v) is 5.62. The molecule has 1 aromatic carbocycles. The predicted molar refractivity (Wildman–Crippen MR) is 58.3 cm³/mol. The maximum atomic E-state index is 6.07. The Balaban J connectivity index is 1.93. The van der Waals surface area contributed by atoms with Gasteiger partial charge in [-0.25, -0.2) is 5.90 Å². The zero-order valence-electron chi connectivity index (χ0n) is 8.66. The lowest BCUT2D eigenvalue weighted by Gasteiger charge is -2.35. The quantitative estimate of drug-likeness (QED) is 0.808. The van der Waals surface area contributed by atoms with Crippen LogP contribution in [0.4, 0.5) is 0 Å². The molecule has 4 nitrogen and oxygen atoms in total. The first-order valence-electron chi connectivity index (χ1n) is 5.25. The Morgan fingerprint density at radius 1 is 1.31 bits per heavy atom. The van der Waals surface area contributed by atoms with Crippen LogP contribution >= 0.6 is 11.6 Å². The Kier molecular flexibility index (Phi) is 2.24. The number of nitrogens with two attached hydrogens (primary N) is 1. The highest BCUT2D eigenvalue weighted by Crippen LogP contribution is 2.49. The monoisotopic (exact) mass is 241 g/mol. The Hall–Kier alpha value is -0.970. The summed E-state index contributed by atoms with van der Waals surface area (Å²) in [5.41, 5.74) is 0.808. The third-order valence-corrected chi connectivity index (χ3v) is 3.41. The van der Waals surface area contributed by atoms with Crippen molar-refractivity contribution in [2.24, 2.45) is 5.90 Å². The summed E-state index contributed by atoms with van der Waals surface area (Å²) >= 11 is 6.07. The van der Waals surface area contributed by atoms with Crippen LogP contribution in [0.3, 0.4) is 0 Å². The van der Waals surface area contributed by atoms with Crippen molar-refractivity contribution in [3.8, 4) is 11.5 Å². The maximum Gasteiger partial charge on any atom is 0.251 e. The minimum absolute atomic E-state index is 0.266. The zero-order valence-corrected chi connectivity index (χ0v) is 9.42. The summed E-state index contributed by atoms with van der Waals surface area (Å²) in [5, 5.41) is 0.587. The summed E-state index contributed by atoms with van der Waals surface area (Å²) in [5.74, 6) is 6.06. The van der Waals surface area contributed by atoms with Gasteiger partial charge in [0.15, 0.2) is 11.5 Å². The van der Waals surface area contributed by atoms with E-state index in [0.717, 1.165) is 30.6 Å². The molecule has 2 aliphatic rings. The van der Waals surface area contributed by atoms with Crippen LogP contribution in [0.5, 0.6) is 11.5 Å². The average molecular weight is 242 g/mol. The van der Waals surface area contributed by atoms with Crippen molar-refractivity contribution in [3.05, 3.63) is 22.7 Å². The fourth-order valence-corrected chi connectivity index (χ4v) is 2.24. The summed E-state index contributed by atoms with van der Waals surface area (Å²) in [4.78, 5) is 4.58. The number of rotatable bonds is 2. The molecule has 1 aliphatic carbocycles. The molecule has 16 heavy (non-hydrogen) atoms. The lowest BCUT2D eigenvalue weighted by molar-refractivity contribution is -0.138. The second kappa shape index (κ2) is 3.52. The normalized spacial score (nSPS) is 19.9. The van der Waals surface area contributed by atoms with Crippen molar-refractivity contribution in [2.75, 3.05) is 0 Å². The molecule has 5 heteroatoms. The standard InChI is InChI=1S/C11H12ClNO3/c12-8-5-10-9(4-7(8)6-14-13)15-11(16-10)2-1-3-11/h4-5H,1-3,6,13H2. The molecule has 1 saturated carbocycles. The number of fused-ring (bicyclic) bond motifs is 1. The minimum Gasteiger partial charge on any atom is -0.448 e. The van der Waals surface area contributed by atoms with E-state index in [1.807, 2.05) is 6.07 Å². The summed E-state index contributed by atoms with van der Waals surface area (Å²) < 4.78 is 11.6. The molecule has 0 atom stereocenters. The number of hydrogen-bond acceptors (Lipinski definition) is 4. The Labute approximate surface area is 98.2 Å². The van der Waals surface area contributed by atoms with Gasteiger partial charge < -0.3 is 9.47 Å². The highest BCUT2D eigenvalue weighted by Gasteiger charge is 2.47. The molecule has 1 heterocycles. The van der Waals surface area contributed by atoms with E-state index < -0.39 is 5.79 Å². The minimum atomic E-state index is -0.423. The first-order chi connectivity index (χ1) is 7.72. The number of ether oxygens (including phenoxy) is 2. The van der Waals surface area contributed by atoms with E-state index in [4.69, 9.17) is 27.0 Å². The van der Waals surface area contributed by atoms with E-state index in [2.05, 4.69) is 4.84 Å². The Morgan fingerprint density at radius 2 is 2.00 bits per heavy atom. The van der Waals surface area contributed by atoms with E-state index in [1.165, 1.54) is 0 Å². The smallest absolute Gasteiger partial charge is 0.251 e. The average Bonchev–Trinajstić information content (AvgIpc) is 2.57. The van der Waals surface area contributed by atoms with Gasteiger partial charge in [0, 0.05) is 24.5 Å². The van der Waals surface area contributed by atoms with Gasteiger partial charge in [-0.05, 0) is 12.5 Å². The Bertz CT molecular complexity index is 431. The summed E-state index contributed by atoms with van der Waals surface area (Å²) in [7, 11) is 0. The molecule has 0 radical (unpaired) electrons. The molecule has 0 aromatic heterocycles. The predicted octanol–water partition coefficient (Wildman–Crippen LogP) is 2.38. The summed E-state index contributed by atoms with van der Waals surface area (Å²) in [6, 6.07) is 3.59. The fraction of sp³-hybridized carbons (Fsp3) is 0.455. The van der Waals surface area contributed by atoms with Crippen LogP contribution in [0.15, 0.2) is 12.1 Å². The van der Waals surface area contributed by atoms with Gasteiger partial charge in [0.2, 0.25) is 0 Å². The van der Waals surface area contributed by atoms with Gasteiger partial charge in [0.05, 0.1) is 11.6 Å².